The van der Waals surface area contributed by atoms with E-state index in [0.717, 1.165) is 11.4 Å². The molecule has 0 bridgehead atoms. The molecule has 1 atom stereocenters. The van der Waals surface area contributed by atoms with Crippen LogP contribution in [0.15, 0.2) is 0 Å². The van der Waals surface area contributed by atoms with E-state index in [1.54, 1.807) is 0 Å². The summed E-state index contributed by atoms with van der Waals surface area (Å²) in [7, 11) is 6.88. The Bertz CT molecular complexity index is 298. The Morgan fingerprint density at radius 1 is 0.769 bits per heavy atom. The lowest BCUT2D eigenvalue weighted by molar-refractivity contribution is -0.870. The Labute approximate surface area is 163 Å². The van der Waals surface area contributed by atoms with Crippen LogP contribution in [-0.4, -0.2) is 49.4 Å². The van der Waals surface area contributed by atoms with Crippen LogP contribution >= 0.6 is 0 Å². The first kappa shape index (κ1) is 27.6. The average Bonchev–Trinajstić information content (AvgIpc) is 2.54. The molecular weight excluding hydrogens is 326 g/mol. The fourth-order valence-electron chi connectivity index (χ4n) is 2.78. The molecule has 0 aromatic heterocycles. The number of hydrogen-bond donors (Lipinski definition) is 1. The van der Waals surface area contributed by atoms with Crippen molar-refractivity contribution in [1.82, 2.24) is 0 Å². The summed E-state index contributed by atoms with van der Waals surface area (Å²) in [5, 5.41) is 17.3. The topological polar surface area (TPSA) is 60.4 Å². The molecule has 0 saturated heterocycles. The molecule has 0 heterocycles. The minimum Gasteiger partial charge on any atom is -0.547 e. The maximum absolute atomic E-state index is 9.34. The molecule has 0 aliphatic carbocycles. The van der Waals surface area contributed by atoms with Gasteiger partial charge in [-0.2, -0.15) is 0 Å². The number of nitrogens with zero attached hydrogens (tertiary/aromatic N) is 1. The Morgan fingerprint density at radius 3 is 1.27 bits per heavy atom. The summed E-state index contributed by atoms with van der Waals surface area (Å²) < 4.78 is 1.12. The highest BCUT2D eigenvalue weighted by atomic mass is 16.4. The van der Waals surface area contributed by atoms with Gasteiger partial charge < -0.3 is 19.5 Å². The molecule has 1 N–H and O–H groups in total. The van der Waals surface area contributed by atoms with Gasteiger partial charge in [0.05, 0.1) is 39.8 Å². The number of aliphatic hydroxyl groups is 1. The van der Waals surface area contributed by atoms with Crippen molar-refractivity contribution in [2.45, 2.75) is 110 Å². The normalized spacial score (nSPS) is 12.4. The average molecular weight is 374 g/mol. The first-order valence-corrected chi connectivity index (χ1v) is 10.9. The van der Waals surface area contributed by atoms with E-state index in [1.165, 1.54) is 96.4 Å². The summed E-state index contributed by atoms with van der Waals surface area (Å²) in [4.78, 5) is 9.34. The second-order valence-corrected chi connectivity index (χ2v) is 8.61. The lowest BCUT2D eigenvalue weighted by Crippen LogP contribution is -2.35. The number of carboxylic acid groups (broad SMARTS) is 1. The third kappa shape index (κ3) is 28.2. The Balaban J connectivity index is 0. The second-order valence-electron chi connectivity index (χ2n) is 8.61. The van der Waals surface area contributed by atoms with Crippen LogP contribution in [0, 0.1) is 0 Å². The van der Waals surface area contributed by atoms with Crippen LogP contribution in [0.2, 0.25) is 0 Å². The molecule has 158 valence electrons. The molecular formula is C22H47NO3. The number of aliphatic hydroxyl groups excluding tert-OH is 1. The van der Waals surface area contributed by atoms with Crippen molar-refractivity contribution >= 4 is 5.97 Å². The number of quaternary nitrogens is 1. The van der Waals surface area contributed by atoms with Crippen LogP contribution in [0.5, 0.6) is 0 Å². The van der Waals surface area contributed by atoms with E-state index in [1.807, 2.05) is 0 Å². The highest BCUT2D eigenvalue weighted by molar-refractivity contribution is 5.68. The van der Waals surface area contributed by atoms with Crippen molar-refractivity contribution in [3.05, 3.63) is 0 Å². The van der Waals surface area contributed by atoms with Gasteiger partial charge in [-0.25, -0.2) is 0 Å². The van der Waals surface area contributed by atoms with Crippen LogP contribution in [0.1, 0.15) is 104 Å². The molecule has 26 heavy (non-hydrogen) atoms. The first-order valence-electron chi connectivity index (χ1n) is 10.9. The largest absolute Gasteiger partial charge is 0.547 e. The lowest BCUT2D eigenvalue weighted by Gasteiger charge is -2.23. The zero-order valence-electron chi connectivity index (χ0n) is 18.4. The van der Waals surface area contributed by atoms with Crippen LogP contribution in [0.3, 0.4) is 0 Å². The van der Waals surface area contributed by atoms with Gasteiger partial charge in [-0.15, -0.1) is 0 Å². The van der Waals surface area contributed by atoms with E-state index in [2.05, 4.69) is 28.1 Å². The molecule has 1 unspecified atom stereocenters. The summed E-state index contributed by atoms with van der Waals surface area (Å²) in [5.41, 5.74) is 0. The third-order valence-corrected chi connectivity index (χ3v) is 4.52. The van der Waals surface area contributed by atoms with E-state index >= 15 is 0 Å². The molecule has 0 rings (SSSR count). The minimum absolute atomic E-state index is 1.12. The van der Waals surface area contributed by atoms with E-state index in [-0.39, 0.29) is 0 Å². The van der Waals surface area contributed by atoms with Crippen molar-refractivity contribution in [2.24, 2.45) is 0 Å². The number of carbonyl (C=O) groups excluding carboxylic acids is 1. The summed E-state index contributed by atoms with van der Waals surface area (Å²) in [6.45, 7) is 4.76. The summed E-state index contributed by atoms with van der Waals surface area (Å²) in [5.74, 6) is -1.44. The quantitative estimate of drug-likeness (QED) is 0.324. The van der Waals surface area contributed by atoms with Crippen molar-refractivity contribution in [3.63, 3.8) is 0 Å². The van der Waals surface area contributed by atoms with Crippen molar-refractivity contribution in [3.8, 4) is 0 Å². The van der Waals surface area contributed by atoms with Crippen LogP contribution < -0.4 is 5.11 Å². The zero-order chi connectivity index (χ0) is 20.3. The predicted molar refractivity (Wildman–Crippen MR) is 110 cm³/mol. The maximum Gasteiger partial charge on any atom is 0.0905 e. The highest BCUT2D eigenvalue weighted by Crippen LogP contribution is 2.13. The molecule has 0 aliphatic rings. The molecule has 0 aliphatic heterocycles. The van der Waals surface area contributed by atoms with E-state index in [9.17, 15) is 9.90 Å². The van der Waals surface area contributed by atoms with Crippen molar-refractivity contribution in [2.75, 3.05) is 27.7 Å². The number of hydrogen-bond acceptors (Lipinski definition) is 3. The monoisotopic (exact) mass is 373 g/mol. The molecule has 0 fully saturated rings. The number of carbonyl (C=O) groups is 1. The van der Waals surface area contributed by atoms with Crippen molar-refractivity contribution < 1.29 is 19.5 Å². The fourth-order valence-corrected chi connectivity index (χ4v) is 2.78. The molecule has 4 nitrogen and oxygen atoms in total. The van der Waals surface area contributed by atoms with E-state index in [0.29, 0.717) is 0 Å². The number of rotatable bonds is 16. The van der Waals surface area contributed by atoms with Gasteiger partial charge in [0.15, 0.2) is 0 Å². The molecule has 0 radical (unpaired) electrons. The minimum atomic E-state index is -1.44. The highest BCUT2D eigenvalue weighted by Gasteiger charge is 2.04. The van der Waals surface area contributed by atoms with Crippen LogP contribution in [0.4, 0.5) is 0 Å². The maximum atomic E-state index is 9.34. The van der Waals surface area contributed by atoms with Gasteiger partial charge in [0.25, 0.3) is 0 Å². The summed E-state index contributed by atoms with van der Waals surface area (Å²) >= 11 is 0. The Hall–Kier alpha value is -0.610. The molecule has 4 heteroatoms. The zero-order valence-corrected chi connectivity index (χ0v) is 18.4. The molecule has 0 spiro atoms. The van der Waals surface area contributed by atoms with Gasteiger partial charge in [0, 0.05) is 0 Å². The smallest absolute Gasteiger partial charge is 0.0905 e. The Morgan fingerprint density at radius 2 is 1.04 bits per heavy atom. The summed E-state index contributed by atoms with van der Waals surface area (Å²) in [6.07, 6.45) is 19.0. The second kappa shape index (κ2) is 19.2. The number of carboxylic acids is 1. The molecule has 0 aromatic carbocycles. The fraction of sp³-hybridized carbons (Fsp3) is 0.955. The van der Waals surface area contributed by atoms with Crippen molar-refractivity contribution in [1.29, 1.82) is 0 Å². The molecule has 0 amide bonds. The van der Waals surface area contributed by atoms with Gasteiger partial charge in [0.2, 0.25) is 0 Å². The van der Waals surface area contributed by atoms with Gasteiger partial charge in [-0.1, -0.05) is 84.0 Å². The van der Waals surface area contributed by atoms with Gasteiger partial charge in [0.1, 0.15) is 0 Å². The SMILES string of the molecule is CC(O)C(=O)[O-].CCCCCCCCCCCCCCCC[N+](C)(C)C. The van der Waals surface area contributed by atoms with Crippen LogP contribution in [0.25, 0.3) is 0 Å². The summed E-state index contributed by atoms with van der Waals surface area (Å²) in [6, 6.07) is 0. The third-order valence-electron chi connectivity index (χ3n) is 4.52. The standard InChI is InChI=1S/C19H42N.C3H6O3/c1-5-6-7-8-9-10-11-12-13-14-15-16-17-18-19-20(2,3)4;1-2(4)3(5)6/h5-19H2,1-4H3;2,4H,1H3,(H,5,6)/q+1;/p-1. The number of aliphatic carboxylic acids is 1. The molecule has 0 saturated carbocycles. The van der Waals surface area contributed by atoms with Crippen LogP contribution in [-0.2, 0) is 4.79 Å². The van der Waals surface area contributed by atoms with Gasteiger partial charge >= 0.3 is 0 Å². The molecule has 0 aromatic rings. The predicted octanol–water partition coefficient (Wildman–Crippen LogP) is 4.29. The van der Waals surface area contributed by atoms with Gasteiger partial charge in [-0.05, 0) is 19.8 Å². The Kier molecular flexibility index (Phi) is 20.3. The number of unbranched alkanes of at least 4 members (excludes halogenated alkanes) is 13. The first-order chi connectivity index (χ1) is 12.2. The van der Waals surface area contributed by atoms with Gasteiger partial charge in [-0.3, -0.25) is 0 Å². The lowest BCUT2D eigenvalue weighted by atomic mass is 10.0. The van der Waals surface area contributed by atoms with E-state index in [4.69, 9.17) is 5.11 Å². The van der Waals surface area contributed by atoms with E-state index < -0.39 is 12.1 Å².